The molecule has 27 atom stereocenters. The first-order chi connectivity index (χ1) is 36.9. The van der Waals surface area contributed by atoms with E-state index in [1.54, 1.807) is 19.9 Å². The highest BCUT2D eigenvalue weighted by atomic mass is 16.8. The van der Waals surface area contributed by atoms with E-state index in [9.17, 15) is 80.8 Å². The standard InChI is InChI=1S/C55H86O24/c1-10-23(2)46(71)79-43-44(72-24(3)60)55(22-59)26(17-50(43,4)5)25-11-12-30-51(6)15-14-32(52(7,21-58)29(51)13-16-53(30,8)54(25,9)18-31(55)61)75-49-41(77-48-38(67)36(65)34(63)28(20-57)74-48)39(68)40(42(78-49)45(69)70)76-47-37(66)35(64)33(62)27(19-56)73-47/h10-11,26-44,47-49,56-59,61-68H,12-22H2,1-9H3,(H,69,70)/b23-10+/t26?,27-,28-,29-,30-,31-,32+,33-,34-,35+,36+,37-,38-,39+,40+,41-,42+,43+,44+,47+,48+,49-,51+,52-,53-,54-,55+/m1/s1. The molecule has 24 heteroatoms. The van der Waals surface area contributed by atoms with Crippen molar-refractivity contribution in [3.8, 4) is 0 Å². The zero-order valence-electron chi connectivity index (χ0n) is 46.4. The van der Waals surface area contributed by atoms with Gasteiger partial charge in [-0.2, -0.15) is 0 Å². The molecular weight excluding hydrogens is 1040 g/mol. The van der Waals surface area contributed by atoms with Gasteiger partial charge in [-0.25, -0.2) is 9.59 Å². The minimum atomic E-state index is -2.18. The molecule has 8 aliphatic rings. The molecule has 0 aromatic rings. The SMILES string of the molecule is C/C=C(\C)C(=O)O[C@H]1[C@H](OC(C)=O)[C@@]2(CO)C(CC1(C)C)C1=CC[C@@H]3[C@@]4(C)CC[C@H](O[C@@H]5O[C@H](C(=O)O)[C@@H](O[C@@H]6O[C@H](CO)[C@@H](O)[C@H](O)[C@H]6O)[C@H](O)[C@H]5O[C@@H]5O[C@H](CO)[C@@H](O)[C@H](O)[C@H]5O)[C@](C)(CO)[C@@H]4CC[C@@]3(C)[C@]1(C)C[C@H]2O. The Labute approximate surface area is 459 Å². The summed E-state index contributed by atoms with van der Waals surface area (Å²) in [6, 6.07) is 0. The fraction of sp³-hybridized carbons (Fsp3) is 0.873. The van der Waals surface area contributed by atoms with E-state index >= 15 is 0 Å². The molecule has 0 aromatic carbocycles. The highest BCUT2D eigenvalue weighted by molar-refractivity contribution is 5.87. The summed E-state index contributed by atoms with van der Waals surface area (Å²) >= 11 is 0. The van der Waals surface area contributed by atoms with E-state index in [0.717, 1.165) is 5.57 Å². The number of aliphatic hydroxyl groups excluding tert-OH is 12. The Morgan fingerprint density at radius 2 is 1.24 bits per heavy atom. The van der Waals surface area contributed by atoms with Crippen molar-refractivity contribution in [2.24, 2.45) is 50.2 Å². The third-order valence-electron chi connectivity index (χ3n) is 21.1. The van der Waals surface area contributed by atoms with Crippen LogP contribution < -0.4 is 0 Å². The smallest absolute Gasteiger partial charge is 0.335 e. The largest absolute Gasteiger partial charge is 0.479 e. The quantitative estimate of drug-likeness (QED) is 0.0415. The first-order valence-corrected chi connectivity index (χ1v) is 27.7. The average molecular weight is 1130 g/mol. The number of hydrogen-bond acceptors (Lipinski definition) is 23. The first kappa shape index (κ1) is 62.2. The first-order valence-electron chi connectivity index (χ1n) is 27.7. The minimum absolute atomic E-state index is 0.0849. The number of aliphatic carboxylic acids is 1. The van der Waals surface area contributed by atoms with Crippen LogP contribution in [0.25, 0.3) is 0 Å². The van der Waals surface area contributed by atoms with Gasteiger partial charge in [0.1, 0.15) is 79.4 Å². The van der Waals surface area contributed by atoms with Gasteiger partial charge < -0.3 is 104 Å². The zero-order chi connectivity index (χ0) is 58.4. The molecule has 79 heavy (non-hydrogen) atoms. The third kappa shape index (κ3) is 9.94. The molecule has 0 spiro atoms. The third-order valence-corrected chi connectivity index (χ3v) is 21.1. The Morgan fingerprint density at radius 1 is 0.658 bits per heavy atom. The second-order valence-corrected chi connectivity index (χ2v) is 25.5. The maximum Gasteiger partial charge on any atom is 0.335 e. The van der Waals surface area contributed by atoms with E-state index in [1.807, 2.05) is 20.8 Å². The number of carbonyl (C=O) groups excluding carboxylic acids is 2. The number of allylic oxidation sites excluding steroid dienone is 3. The van der Waals surface area contributed by atoms with Gasteiger partial charge in [0.2, 0.25) is 0 Å². The summed E-state index contributed by atoms with van der Waals surface area (Å²) < 4.78 is 48.2. The molecule has 5 aliphatic carbocycles. The average Bonchev–Trinajstić information content (AvgIpc) is 3.25. The number of fused-ring (bicyclic) bond motifs is 7. The van der Waals surface area contributed by atoms with Crippen molar-refractivity contribution in [3.05, 3.63) is 23.3 Å². The second kappa shape index (κ2) is 22.6. The van der Waals surface area contributed by atoms with E-state index in [0.29, 0.717) is 37.7 Å². The summed E-state index contributed by atoms with van der Waals surface area (Å²) in [6.07, 6.45) is -26.5. The fourth-order valence-corrected chi connectivity index (χ4v) is 16.2. The molecule has 8 rings (SSSR count). The van der Waals surface area contributed by atoms with Gasteiger partial charge in [0.25, 0.3) is 0 Å². The van der Waals surface area contributed by atoms with Gasteiger partial charge in [0, 0.05) is 23.3 Å². The summed E-state index contributed by atoms with van der Waals surface area (Å²) in [4.78, 5) is 39.5. The fourth-order valence-electron chi connectivity index (χ4n) is 16.2. The van der Waals surface area contributed by atoms with Crippen molar-refractivity contribution in [2.45, 2.75) is 224 Å². The van der Waals surface area contributed by atoms with E-state index in [1.165, 1.54) is 6.92 Å². The highest BCUT2D eigenvalue weighted by Gasteiger charge is 2.74. The van der Waals surface area contributed by atoms with Gasteiger partial charge in [0.05, 0.1) is 44.1 Å². The maximum absolute atomic E-state index is 13.4. The molecular formula is C55H86O24. The monoisotopic (exact) mass is 1130 g/mol. The lowest BCUT2D eigenvalue weighted by atomic mass is 9.33. The van der Waals surface area contributed by atoms with Crippen LogP contribution >= 0.6 is 0 Å². The molecule has 24 nitrogen and oxygen atoms in total. The normalized spacial score (nSPS) is 50.6. The summed E-state index contributed by atoms with van der Waals surface area (Å²) in [6.45, 7) is 14.1. The maximum atomic E-state index is 13.4. The van der Waals surface area contributed by atoms with Crippen molar-refractivity contribution in [1.29, 1.82) is 0 Å². The Kier molecular flexibility index (Phi) is 17.8. The van der Waals surface area contributed by atoms with E-state index < -0.39 is 199 Å². The molecule has 0 bridgehead atoms. The summed E-state index contributed by atoms with van der Waals surface area (Å²) in [7, 11) is 0. The van der Waals surface area contributed by atoms with E-state index in [4.69, 9.17) is 37.9 Å². The number of ether oxygens (including phenoxy) is 8. The Morgan fingerprint density at radius 3 is 1.76 bits per heavy atom. The lowest BCUT2D eigenvalue weighted by molar-refractivity contribution is -0.392. The molecule has 3 aliphatic heterocycles. The number of carbonyl (C=O) groups is 3. The molecule has 450 valence electrons. The predicted octanol–water partition coefficient (Wildman–Crippen LogP) is -1.32. The van der Waals surface area contributed by atoms with Crippen molar-refractivity contribution < 1.29 is 119 Å². The Balaban J connectivity index is 1.12. The number of esters is 2. The van der Waals surface area contributed by atoms with Gasteiger partial charge in [0.15, 0.2) is 25.0 Å². The van der Waals surface area contributed by atoms with Crippen LogP contribution in [-0.4, -0.2) is 227 Å². The molecule has 0 amide bonds. The number of rotatable bonds is 14. The van der Waals surface area contributed by atoms with Gasteiger partial charge in [-0.05, 0) is 92.8 Å². The van der Waals surface area contributed by atoms with Crippen LogP contribution in [0, 0.1) is 50.2 Å². The van der Waals surface area contributed by atoms with E-state index in [2.05, 4.69) is 26.8 Å². The predicted molar refractivity (Wildman–Crippen MR) is 269 cm³/mol. The van der Waals surface area contributed by atoms with Crippen molar-refractivity contribution in [1.82, 2.24) is 0 Å². The van der Waals surface area contributed by atoms with Crippen molar-refractivity contribution in [2.75, 3.05) is 26.4 Å². The van der Waals surface area contributed by atoms with Gasteiger partial charge >= 0.3 is 17.9 Å². The molecule has 13 N–H and O–H groups in total. The van der Waals surface area contributed by atoms with Gasteiger partial charge in [-0.1, -0.05) is 59.3 Å². The highest BCUT2D eigenvalue weighted by Crippen LogP contribution is 2.76. The zero-order valence-corrected chi connectivity index (χ0v) is 46.4. The van der Waals surface area contributed by atoms with Gasteiger partial charge in [-0.15, -0.1) is 0 Å². The van der Waals surface area contributed by atoms with Crippen LogP contribution in [0.15, 0.2) is 23.3 Å². The lowest BCUT2D eigenvalue weighted by Crippen LogP contribution is -2.72. The van der Waals surface area contributed by atoms with Crippen LogP contribution in [0.4, 0.5) is 0 Å². The molecule has 3 saturated heterocycles. The van der Waals surface area contributed by atoms with Crippen LogP contribution in [0.3, 0.4) is 0 Å². The Bertz CT molecular complexity index is 2290. The molecule has 0 aromatic heterocycles. The molecule has 1 unspecified atom stereocenters. The van der Waals surface area contributed by atoms with Crippen LogP contribution in [-0.2, 0) is 52.3 Å². The van der Waals surface area contributed by atoms with Gasteiger partial charge in [-0.3, -0.25) is 4.79 Å². The van der Waals surface area contributed by atoms with Crippen molar-refractivity contribution in [3.63, 3.8) is 0 Å². The number of hydrogen-bond donors (Lipinski definition) is 13. The summed E-state index contributed by atoms with van der Waals surface area (Å²) in [5, 5.41) is 143. The molecule has 0 radical (unpaired) electrons. The molecule has 4 saturated carbocycles. The number of aliphatic hydroxyl groups is 12. The van der Waals surface area contributed by atoms with Crippen molar-refractivity contribution >= 4 is 17.9 Å². The molecule has 3 heterocycles. The number of carboxylic acids is 1. The Hall–Kier alpha value is -2.83. The summed E-state index contributed by atoms with van der Waals surface area (Å²) in [5.74, 6) is -3.88. The van der Waals surface area contributed by atoms with Crippen LogP contribution in [0.2, 0.25) is 0 Å². The van der Waals surface area contributed by atoms with Crippen LogP contribution in [0.5, 0.6) is 0 Å². The summed E-state index contributed by atoms with van der Waals surface area (Å²) in [5.41, 5.74) is -3.78. The lowest BCUT2D eigenvalue weighted by Gasteiger charge is -2.72. The topological polar surface area (TPSA) is 388 Å². The van der Waals surface area contributed by atoms with Crippen LogP contribution in [0.1, 0.15) is 107 Å². The number of carboxylic acid groups (broad SMARTS) is 1. The second-order valence-electron chi connectivity index (χ2n) is 25.5. The minimum Gasteiger partial charge on any atom is -0.479 e. The van der Waals surface area contributed by atoms with E-state index in [-0.39, 0.29) is 24.7 Å². The molecule has 7 fully saturated rings.